The molecule has 124 valence electrons. The van der Waals surface area contributed by atoms with Crippen LogP contribution < -0.4 is 10.6 Å². The van der Waals surface area contributed by atoms with Crippen LogP contribution in [0.15, 0.2) is 10.5 Å². The summed E-state index contributed by atoms with van der Waals surface area (Å²) in [6.45, 7) is 11.7. The fourth-order valence-electron chi connectivity index (χ4n) is 2.87. The molecule has 0 radical (unpaired) electrons. The topological polar surface area (TPSA) is 63.5 Å². The van der Waals surface area contributed by atoms with Gasteiger partial charge in [-0.3, -0.25) is 0 Å². The van der Waals surface area contributed by atoms with E-state index < -0.39 is 5.60 Å². The van der Waals surface area contributed by atoms with Crippen molar-refractivity contribution < 1.29 is 13.9 Å². The minimum atomic E-state index is -0.448. The van der Waals surface area contributed by atoms with Crippen LogP contribution in [0.1, 0.15) is 63.7 Å². The number of aryl methyl sites for hydroxylation is 2. The number of carbonyl (C=O) groups is 1. The molecule has 0 spiro atoms. The number of furan rings is 1. The Labute approximate surface area is 132 Å². The molecule has 2 N–H and O–H groups in total. The first-order valence-corrected chi connectivity index (χ1v) is 7.96. The molecule has 1 aliphatic rings. The SMILES string of the molecule is Cc1cc(C(C)NC2CC(NC(=O)OC(C)(C)C)C2)c(C)o1. The van der Waals surface area contributed by atoms with Crippen molar-refractivity contribution in [2.45, 2.75) is 78.1 Å². The Balaban J connectivity index is 1.73. The first kappa shape index (κ1) is 16.9. The third-order valence-electron chi connectivity index (χ3n) is 3.89. The number of ether oxygens (including phenoxy) is 1. The minimum absolute atomic E-state index is 0.201. The second-order valence-corrected chi connectivity index (χ2v) is 7.27. The Hall–Kier alpha value is -1.49. The van der Waals surface area contributed by atoms with Gasteiger partial charge in [-0.1, -0.05) is 0 Å². The zero-order valence-electron chi connectivity index (χ0n) is 14.4. The summed E-state index contributed by atoms with van der Waals surface area (Å²) in [4.78, 5) is 11.7. The van der Waals surface area contributed by atoms with Gasteiger partial charge in [0.05, 0.1) is 0 Å². The smallest absolute Gasteiger partial charge is 0.407 e. The van der Waals surface area contributed by atoms with E-state index in [1.807, 2.05) is 34.6 Å². The highest BCUT2D eigenvalue weighted by atomic mass is 16.6. The molecule has 0 aromatic carbocycles. The molecule has 22 heavy (non-hydrogen) atoms. The van der Waals surface area contributed by atoms with Crippen LogP contribution in [0.4, 0.5) is 4.79 Å². The number of rotatable bonds is 4. The molecular formula is C17H28N2O3. The maximum Gasteiger partial charge on any atom is 0.407 e. The second kappa shape index (κ2) is 6.32. The van der Waals surface area contributed by atoms with Crippen molar-refractivity contribution >= 4 is 6.09 Å². The zero-order valence-corrected chi connectivity index (χ0v) is 14.4. The Morgan fingerprint density at radius 3 is 2.45 bits per heavy atom. The monoisotopic (exact) mass is 308 g/mol. The van der Waals surface area contributed by atoms with Crippen LogP contribution in [0.2, 0.25) is 0 Å². The maximum atomic E-state index is 11.7. The van der Waals surface area contributed by atoms with E-state index in [9.17, 15) is 4.79 Å². The van der Waals surface area contributed by atoms with Gasteiger partial charge in [-0.05, 0) is 60.5 Å². The highest BCUT2D eigenvalue weighted by Crippen LogP contribution is 2.26. The molecule has 1 unspecified atom stereocenters. The Morgan fingerprint density at radius 1 is 1.32 bits per heavy atom. The Morgan fingerprint density at radius 2 is 1.95 bits per heavy atom. The average Bonchev–Trinajstić information content (AvgIpc) is 2.63. The van der Waals surface area contributed by atoms with Crippen molar-refractivity contribution in [3.63, 3.8) is 0 Å². The molecule has 5 heteroatoms. The predicted molar refractivity (Wildman–Crippen MR) is 85.9 cm³/mol. The third-order valence-corrected chi connectivity index (χ3v) is 3.89. The molecule has 1 amide bonds. The Kier molecular flexibility index (Phi) is 4.85. The van der Waals surface area contributed by atoms with E-state index in [-0.39, 0.29) is 18.2 Å². The van der Waals surface area contributed by atoms with Crippen LogP contribution in [0.25, 0.3) is 0 Å². The zero-order chi connectivity index (χ0) is 16.5. The summed E-state index contributed by atoms with van der Waals surface area (Å²) in [6, 6.07) is 2.96. The fourth-order valence-corrected chi connectivity index (χ4v) is 2.87. The van der Waals surface area contributed by atoms with Crippen molar-refractivity contribution in [1.29, 1.82) is 0 Å². The lowest BCUT2D eigenvalue weighted by atomic mass is 9.86. The van der Waals surface area contributed by atoms with Gasteiger partial charge in [0.1, 0.15) is 17.1 Å². The van der Waals surface area contributed by atoms with E-state index in [4.69, 9.17) is 9.15 Å². The summed E-state index contributed by atoms with van der Waals surface area (Å²) in [5.41, 5.74) is 0.762. The number of nitrogens with one attached hydrogen (secondary N) is 2. The average molecular weight is 308 g/mol. The van der Waals surface area contributed by atoms with Gasteiger partial charge in [-0.2, -0.15) is 0 Å². The molecule has 5 nitrogen and oxygen atoms in total. The first-order chi connectivity index (χ1) is 10.1. The van der Waals surface area contributed by atoms with Crippen molar-refractivity contribution in [2.24, 2.45) is 0 Å². The number of alkyl carbamates (subject to hydrolysis) is 1. The highest BCUT2D eigenvalue weighted by Gasteiger charge is 2.32. The van der Waals surface area contributed by atoms with Crippen LogP contribution in [0.5, 0.6) is 0 Å². The van der Waals surface area contributed by atoms with Crippen LogP contribution in [-0.4, -0.2) is 23.8 Å². The maximum absolute atomic E-state index is 11.7. The molecule has 1 aromatic heterocycles. The summed E-state index contributed by atoms with van der Waals surface area (Å²) < 4.78 is 10.8. The molecule has 1 fully saturated rings. The van der Waals surface area contributed by atoms with Gasteiger partial charge in [0.2, 0.25) is 0 Å². The quantitative estimate of drug-likeness (QED) is 0.892. The molecule has 1 atom stereocenters. The minimum Gasteiger partial charge on any atom is -0.466 e. The number of amides is 1. The molecule has 0 aliphatic heterocycles. The lowest BCUT2D eigenvalue weighted by Crippen LogP contribution is -2.53. The van der Waals surface area contributed by atoms with Gasteiger partial charge in [-0.25, -0.2) is 4.79 Å². The molecule has 1 heterocycles. The summed E-state index contributed by atoms with van der Waals surface area (Å²) >= 11 is 0. The van der Waals surface area contributed by atoms with Crippen LogP contribution in [0.3, 0.4) is 0 Å². The second-order valence-electron chi connectivity index (χ2n) is 7.27. The van der Waals surface area contributed by atoms with Gasteiger partial charge in [0.15, 0.2) is 0 Å². The lowest BCUT2D eigenvalue weighted by Gasteiger charge is -2.38. The van der Waals surface area contributed by atoms with E-state index in [1.165, 1.54) is 5.56 Å². The molecule has 0 saturated heterocycles. The molecule has 0 bridgehead atoms. The highest BCUT2D eigenvalue weighted by molar-refractivity contribution is 5.68. The van der Waals surface area contributed by atoms with Gasteiger partial charge >= 0.3 is 6.09 Å². The van der Waals surface area contributed by atoms with E-state index in [0.717, 1.165) is 24.4 Å². The fraction of sp³-hybridized carbons (Fsp3) is 0.706. The first-order valence-electron chi connectivity index (χ1n) is 7.96. The van der Waals surface area contributed by atoms with Gasteiger partial charge in [-0.15, -0.1) is 0 Å². The number of hydrogen-bond acceptors (Lipinski definition) is 4. The normalized spacial score (nSPS) is 22.8. The van der Waals surface area contributed by atoms with Crippen LogP contribution in [-0.2, 0) is 4.74 Å². The van der Waals surface area contributed by atoms with Crippen molar-refractivity contribution in [3.8, 4) is 0 Å². The van der Waals surface area contributed by atoms with Crippen molar-refractivity contribution in [3.05, 3.63) is 23.2 Å². The molecular weight excluding hydrogens is 280 g/mol. The van der Waals surface area contributed by atoms with Crippen LogP contribution >= 0.6 is 0 Å². The van der Waals surface area contributed by atoms with E-state index in [2.05, 4.69) is 23.6 Å². The molecule has 1 aliphatic carbocycles. The summed E-state index contributed by atoms with van der Waals surface area (Å²) in [7, 11) is 0. The van der Waals surface area contributed by atoms with E-state index in [0.29, 0.717) is 6.04 Å². The number of hydrogen-bond donors (Lipinski definition) is 2. The molecule has 1 saturated carbocycles. The standard InChI is InChI=1S/C17H28N2O3/c1-10-7-15(12(3)21-10)11(2)18-13-8-14(9-13)19-16(20)22-17(4,5)6/h7,11,13-14,18H,8-9H2,1-6H3,(H,19,20). The summed E-state index contributed by atoms with van der Waals surface area (Å²) in [5, 5.41) is 6.50. The molecule has 2 rings (SSSR count). The number of carbonyl (C=O) groups excluding carboxylic acids is 1. The summed E-state index contributed by atoms with van der Waals surface area (Å²) in [5.74, 6) is 1.92. The Bertz CT molecular complexity index is 524. The van der Waals surface area contributed by atoms with Gasteiger partial charge < -0.3 is 19.8 Å². The summed E-state index contributed by atoms with van der Waals surface area (Å²) in [6.07, 6.45) is 1.53. The predicted octanol–water partition coefficient (Wildman–Crippen LogP) is 3.60. The van der Waals surface area contributed by atoms with Gasteiger partial charge in [0.25, 0.3) is 0 Å². The van der Waals surface area contributed by atoms with Crippen molar-refractivity contribution in [1.82, 2.24) is 10.6 Å². The molecule has 1 aromatic rings. The van der Waals surface area contributed by atoms with Crippen LogP contribution in [0, 0.1) is 13.8 Å². The van der Waals surface area contributed by atoms with E-state index >= 15 is 0 Å². The largest absolute Gasteiger partial charge is 0.466 e. The van der Waals surface area contributed by atoms with Crippen molar-refractivity contribution in [2.75, 3.05) is 0 Å². The third kappa shape index (κ3) is 4.50. The lowest BCUT2D eigenvalue weighted by molar-refractivity contribution is 0.0463. The van der Waals surface area contributed by atoms with Gasteiger partial charge in [0, 0.05) is 23.7 Å². The van der Waals surface area contributed by atoms with E-state index in [1.54, 1.807) is 0 Å².